The van der Waals surface area contributed by atoms with Gasteiger partial charge in [-0.3, -0.25) is 9.59 Å². The van der Waals surface area contributed by atoms with E-state index in [2.05, 4.69) is 5.10 Å². The van der Waals surface area contributed by atoms with Crippen LogP contribution in [0.4, 0.5) is 0 Å². The monoisotopic (exact) mass is 383 g/mol. The molecule has 1 aromatic carbocycles. The summed E-state index contributed by atoms with van der Waals surface area (Å²) >= 11 is 12.0. The number of carboxylic acids is 1. The predicted molar refractivity (Wildman–Crippen MR) is 96.7 cm³/mol. The maximum atomic E-state index is 12.7. The third-order valence-electron chi connectivity index (χ3n) is 3.71. The molecule has 2 rings (SSSR count). The summed E-state index contributed by atoms with van der Waals surface area (Å²) in [6.45, 7) is 5.62. The molecule has 0 saturated heterocycles. The minimum Gasteiger partial charge on any atom is -0.481 e. The number of hydrogen-bond acceptors (Lipinski definition) is 3. The lowest BCUT2D eigenvalue weighted by atomic mass is 10.2. The molecular weight excluding hydrogens is 365 g/mol. The summed E-state index contributed by atoms with van der Waals surface area (Å²) in [6, 6.07) is 6.62. The van der Waals surface area contributed by atoms with Crippen molar-refractivity contribution in [2.24, 2.45) is 0 Å². The van der Waals surface area contributed by atoms with E-state index in [1.54, 1.807) is 28.9 Å². The molecule has 134 valence electrons. The van der Waals surface area contributed by atoms with Crippen molar-refractivity contribution in [2.45, 2.75) is 33.2 Å². The molecule has 0 unspecified atom stereocenters. The molecule has 1 N–H and O–H groups in total. The van der Waals surface area contributed by atoms with E-state index in [0.717, 1.165) is 5.69 Å². The van der Waals surface area contributed by atoms with Gasteiger partial charge in [-0.15, -0.1) is 0 Å². The summed E-state index contributed by atoms with van der Waals surface area (Å²) in [5, 5.41) is 14.1. The Morgan fingerprint density at radius 1 is 1.24 bits per heavy atom. The average Bonchev–Trinajstić information content (AvgIpc) is 2.91. The lowest BCUT2D eigenvalue weighted by Crippen LogP contribution is -2.38. The van der Waals surface area contributed by atoms with Crippen molar-refractivity contribution < 1.29 is 14.7 Å². The highest BCUT2D eigenvalue weighted by atomic mass is 35.5. The quantitative estimate of drug-likeness (QED) is 0.822. The fourth-order valence-corrected chi connectivity index (χ4v) is 2.71. The van der Waals surface area contributed by atoms with Crippen molar-refractivity contribution in [2.75, 3.05) is 6.54 Å². The van der Waals surface area contributed by atoms with Crippen molar-refractivity contribution in [1.29, 1.82) is 0 Å². The van der Waals surface area contributed by atoms with Crippen LogP contribution in [0, 0.1) is 6.92 Å². The van der Waals surface area contributed by atoms with Crippen molar-refractivity contribution in [3.8, 4) is 5.69 Å². The number of carbonyl (C=O) groups is 2. The topological polar surface area (TPSA) is 75.4 Å². The van der Waals surface area contributed by atoms with Gasteiger partial charge in [-0.1, -0.05) is 23.2 Å². The molecule has 1 aromatic heterocycles. The number of carbonyl (C=O) groups excluding carboxylic acids is 1. The number of aliphatic carboxylic acids is 1. The number of aryl methyl sites for hydroxylation is 1. The Morgan fingerprint density at radius 3 is 2.48 bits per heavy atom. The molecule has 0 radical (unpaired) electrons. The Hall–Kier alpha value is -2.05. The third kappa shape index (κ3) is 4.52. The van der Waals surface area contributed by atoms with Gasteiger partial charge in [-0.25, -0.2) is 4.68 Å². The molecule has 8 heteroatoms. The van der Waals surface area contributed by atoms with Crippen LogP contribution in [0.1, 0.15) is 36.5 Å². The van der Waals surface area contributed by atoms with Gasteiger partial charge in [-0.05, 0) is 45.0 Å². The van der Waals surface area contributed by atoms with Crippen LogP contribution in [0.5, 0.6) is 0 Å². The molecule has 0 saturated carbocycles. The van der Waals surface area contributed by atoms with Gasteiger partial charge in [0.1, 0.15) is 0 Å². The van der Waals surface area contributed by atoms with Crippen molar-refractivity contribution in [3.05, 3.63) is 45.7 Å². The van der Waals surface area contributed by atoms with Gasteiger partial charge in [0, 0.05) is 18.3 Å². The molecule has 2 aromatic rings. The highest BCUT2D eigenvalue weighted by molar-refractivity contribution is 6.42. The Balaban J connectivity index is 2.32. The molecule has 0 fully saturated rings. The number of aromatic nitrogens is 2. The Labute approximate surface area is 155 Å². The summed E-state index contributed by atoms with van der Waals surface area (Å²) in [5.74, 6) is -1.26. The fraction of sp³-hybridized carbons (Fsp3) is 0.353. The zero-order valence-corrected chi connectivity index (χ0v) is 15.7. The number of rotatable bonds is 6. The lowest BCUT2D eigenvalue weighted by Gasteiger charge is -2.25. The molecule has 0 aliphatic heterocycles. The Morgan fingerprint density at radius 2 is 1.92 bits per heavy atom. The van der Waals surface area contributed by atoms with E-state index in [1.807, 2.05) is 20.8 Å². The first-order valence-corrected chi connectivity index (χ1v) is 8.51. The first kappa shape index (κ1) is 19.3. The third-order valence-corrected chi connectivity index (χ3v) is 4.44. The van der Waals surface area contributed by atoms with E-state index in [-0.39, 0.29) is 30.6 Å². The molecule has 25 heavy (non-hydrogen) atoms. The summed E-state index contributed by atoms with van der Waals surface area (Å²) in [7, 11) is 0. The van der Waals surface area contributed by atoms with Gasteiger partial charge >= 0.3 is 5.97 Å². The van der Waals surface area contributed by atoms with Gasteiger partial charge in [0.25, 0.3) is 5.91 Å². The van der Waals surface area contributed by atoms with Gasteiger partial charge in [-0.2, -0.15) is 5.10 Å². The molecule has 0 bridgehead atoms. The Bertz CT molecular complexity index is 802. The molecular formula is C17H19Cl2N3O3. The normalized spacial score (nSPS) is 11.0. The molecule has 1 amide bonds. The predicted octanol–water partition coefficient (Wildman–Crippen LogP) is 3.81. The van der Waals surface area contributed by atoms with Crippen LogP contribution < -0.4 is 0 Å². The number of halogens is 2. The largest absolute Gasteiger partial charge is 0.481 e. The van der Waals surface area contributed by atoms with Gasteiger partial charge in [0.15, 0.2) is 5.69 Å². The minimum absolute atomic E-state index is 0.115. The smallest absolute Gasteiger partial charge is 0.305 e. The number of carboxylic acid groups (broad SMARTS) is 1. The zero-order valence-electron chi connectivity index (χ0n) is 14.2. The lowest BCUT2D eigenvalue weighted by molar-refractivity contribution is -0.137. The maximum absolute atomic E-state index is 12.7. The van der Waals surface area contributed by atoms with Crippen LogP contribution in [0.3, 0.4) is 0 Å². The summed E-state index contributed by atoms with van der Waals surface area (Å²) in [4.78, 5) is 25.0. The van der Waals surface area contributed by atoms with E-state index in [1.165, 1.54) is 4.90 Å². The number of nitrogens with zero attached hydrogens (tertiary/aromatic N) is 3. The van der Waals surface area contributed by atoms with Gasteiger partial charge in [0.2, 0.25) is 0 Å². The average molecular weight is 384 g/mol. The zero-order chi connectivity index (χ0) is 18.7. The van der Waals surface area contributed by atoms with Crippen molar-refractivity contribution in [3.63, 3.8) is 0 Å². The Kier molecular flexibility index (Phi) is 6.08. The standard InChI is InChI=1S/C17H19Cl2N3O3/c1-10(2)21(7-6-16(23)24)17(25)15-8-11(3)22(20-15)12-4-5-13(18)14(19)9-12/h4-5,8-10H,6-7H2,1-3H3,(H,23,24). The van der Waals surface area contributed by atoms with Crippen LogP contribution in [0.25, 0.3) is 5.69 Å². The van der Waals surface area contributed by atoms with E-state index >= 15 is 0 Å². The maximum Gasteiger partial charge on any atom is 0.305 e. The van der Waals surface area contributed by atoms with Gasteiger partial charge < -0.3 is 10.0 Å². The van der Waals surface area contributed by atoms with E-state index in [0.29, 0.717) is 15.7 Å². The second-order valence-electron chi connectivity index (χ2n) is 5.92. The molecule has 0 spiro atoms. The first-order chi connectivity index (χ1) is 11.7. The molecule has 6 nitrogen and oxygen atoms in total. The number of hydrogen-bond donors (Lipinski definition) is 1. The highest BCUT2D eigenvalue weighted by Crippen LogP contribution is 2.25. The molecule has 0 atom stereocenters. The number of benzene rings is 1. The molecule has 0 aliphatic rings. The SMILES string of the molecule is Cc1cc(C(=O)N(CCC(=O)O)C(C)C)nn1-c1ccc(Cl)c(Cl)c1. The second-order valence-corrected chi connectivity index (χ2v) is 6.73. The molecule has 1 heterocycles. The first-order valence-electron chi connectivity index (χ1n) is 7.75. The van der Waals surface area contributed by atoms with Crippen LogP contribution in [0.15, 0.2) is 24.3 Å². The van der Waals surface area contributed by atoms with E-state index in [9.17, 15) is 9.59 Å². The fourth-order valence-electron chi connectivity index (χ4n) is 2.41. The second kappa shape index (κ2) is 7.89. The van der Waals surface area contributed by atoms with Crippen molar-refractivity contribution in [1.82, 2.24) is 14.7 Å². The summed E-state index contributed by atoms with van der Waals surface area (Å²) < 4.78 is 1.60. The van der Waals surface area contributed by atoms with Crippen molar-refractivity contribution >= 4 is 35.1 Å². The van der Waals surface area contributed by atoms with Crippen LogP contribution in [-0.2, 0) is 4.79 Å². The van der Waals surface area contributed by atoms with Gasteiger partial charge in [0.05, 0.1) is 22.2 Å². The van der Waals surface area contributed by atoms with E-state index < -0.39 is 5.97 Å². The summed E-state index contributed by atoms with van der Waals surface area (Å²) in [6.07, 6.45) is -0.115. The van der Waals surface area contributed by atoms with Crippen LogP contribution in [0.2, 0.25) is 10.0 Å². The van der Waals surface area contributed by atoms with Crippen LogP contribution in [-0.4, -0.2) is 44.3 Å². The minimum atomic E-state index is -0.948. The van der Waals surface area contributed by atoms with E-state index in [4.69, 9.17) is 28.3 Å². The highest BCUT2D eigenvalue weighted by Gasteiger charge is 2.23. The summed E-state index contributed by atoms with van der Waals surface area (Å²) in [5.41, 5.74) is 1.69. The van der Waals surface area contributed by atoms with Crippen LogP contribution >= 0.6 is 23.2 Å². The number of amides is 1. The molecule has 0 aliphatic carbocycles.